The van der Waals surface area contributed by atoms with Crippen molar-refractivity contribution in [3.8, 4) is 0 Å². The van der Waals surface area contributed by atoms with Crippen molar-refractivity contribution in [2.45, 2.75) is 26.2 Å². The van der Waals surface area contributed by atoms with Crippen LogP contribution in [-0.4, -0.2) is 18.5 Å². The van der Waals surface area contributed by atoms with Crippen molar-refractivity contribution in [3.05, 3.63) is 10.7 Å². The Labute approximate surface area is 96.7 Å². The van der Waals surface area contributed by atoms with Gasteiger partial charge in [-0.15, -0.1) is 0 Å². The molecule has 1 aliphatic carbocycles. The van der Waals surface area contributed by atoms with Gasteiger partial charge >= 0.3 is 11.9 Å². The fraction of sp³-hybridized carbons (Fsp3) is 0.600. The fourth-order valence-electron chi connectivity index (χ4n) is 0.837. The highest BCUT2D eigenvalue weighted by Gasteiger charge is 2.31. The maximum absolute atomic E-state index is 11.2. The van der Waals surface area contributed by atoms with Crippen LogP contribution in [-0.2, 0) is 19.1 Å². The van der Waals surface area contributed by atoms with Gasteiger partial charge in [-0.05, 0) is 35.2 Å². The predicted octanol–water partition coefficient (Wildman–Crippen LogP) is 2.13. The zero-order valence-electron chi connectivity index (χ0n) is 8.49. The molecular formula is C10H13BrO4. The molecule has 0 aliphatic heterocycles. The lowest BCUT2D eigenvalue weighted by molar-refractivity contribution is -0.140. The quantitative estimate of drug-likeness (QED) is 0.439. The predicted molar refractivity (Wildman–Crippen MR) is 57.1 cm³/mol. The Morgan fingerprint density at radius 3 is 2.67 bits per heavy atom. The summed E-state index contributed by atoms with van der Waals surface area (Å²) in [5.74, 6) is -0.774. The van der Waals surface area contributed by atoms with Crippen LogP contribution in [0.1, 0.15) is 26.2 Å². The van der Waals surface area contributed by atoms with Gasteiger partial charge in [-0.1, -0.05) is 6.92 Å². The molecule has 4 nitrogen and oxygen atoms in total. The van der Waals surface area contributed by atoms with Crippen molar-refractivity contribution in [1.29, 1.82) is 0 Å². The topological polar surface area (TPSA) is 52.6 Å². The Kier molecular flexibility index (Phi) is 4.81. The first-order chi connectivity index (χ1) is 7.15. The van der Waals surface area contributed by atoms with E-state index in [1.807, 2.05) is 6.92 Å². The maximum Gasteiger partial charge on any atom is 0.348 e. The van der Waals surface area contributed by atoms with E-state index in [1.54, 1.807) is 0 Å². The van der Waals surface area contributed by atoms with E-state index in [4.69, 9.17) is 9.47 Å². The van der Waals surface area contributed by atoms with E-state index in [0.29, 0.717) is 6.61 Å². The SMILES string of the molecule is CCCOC(=O)/C(Br)=C/OC(=O)C1CC1. The van der Waals surface area contributed by atoms with Crippen molar-refractivity contribution in [2.75, 3.05) is 6.61 Å². The zero-order chi connectivity index (χ0) is 11.3. The summed E-state index contributed by atoms with van der Waals surface area (Å²) in [6, 6.07) is 0. The highest BCUT2D eigenvalue weighted by atomic mass is 79.9. The molecule has 0 amide bonds. The average Bonchev–Trinajstić information content (AvgIpc) is 3.05. The molecule has 0 aromatic carbocycles. The highest BCUT2D eigenvalue weighted by Crippen LogP contribution is 2.30. The van der Waals surface area contributed by atoms with Crippen LogP contribution in [0.5, 0.6) is 0 Å². The van der Waals surface area contributed by atoms with Crippen LogP contribution in [0.15, 0.2) is 10.7 Å². The summed E-state index contributed by atoms with van der Waals surface area (Å²) in [7, 11) is 0. The molecule has 0 spiro atoms. The van der Waals surface area contributed by atoms with Crippen molar-refractivity contribution in [1.82, 2.24) is 0 Å². The van der Waals surface area contributed by atoms with Crippen LogP contribution in [0.2, 0.25) is 0 Å². The number of halogens is 1. The number of hydrogen-bond acceptors (Lipinski definition) is 4. The molecule has 0 N–H and O–H groups in total. The molecule has 5 heteroatoms. The summed E-state index contributed by atoms with van der Waals surface area (Å²) in [6.07, 6.45) is 3.61. The van der Waals surface area contributed by atoms with Crippen LogP contribution in [0, 0.1) is 5.92 Å². The van der Waals surface area contributed by atoms with Crippen LogP contribution in [0.25, 0.3) is 0 Å². The molecule has 0 aromatic rings. The number of hydrogen-bond donors (Lipinski definition) is 0. The summed E-state index contributed by atoms with van der Waals surface area (Å²) in [4.78, 5) is 22.3. The van der Waals surface area contributed by atoms with Crippen LogP contribution in [0.3, 0.4) is 0 Å². The van der Waals surface area contributed by atoms with E-state index in [2.05, 4.69) is 15.9 Å². The normalized spacial score (nSPS) is 16.0. The number of ether oxygens (including phenoxy) is 2. The van der Waals surface area contributed by atoms with Crippen molar-refractivity contribution >= 4 is 27.9 Å². The van der Waals surface area contributed by atoms with Gasteiger partial charge in [0.25, 0.3) is 0 Å². The number of esters is 2. The Balaban J connectivity index is 2.30. The minimum absolute atomic E-state index is 0.0215. The van der Waals surface area contributed by atoms with Crippen LogP contribution < -0.4 is 0 Å². The van der Waals surface area contributed by atoms with Gasteiger partial charge in [0.2, 0.25) is 0 Å². The molecule has 1 fully saturated rings. The average molecular weight is 277 g/mol. The largest absolute Gasteiger partial charge is 0.462 e. The molecule has 0 unspecified atom stereocenters. The first kappa shape index (κ1) is 12.2. The second-order valence-electron chi connectivity index (χ2n) is 3.31. The van der Waals surface area contributed by atoms with Crippen molar-refractivity contribution in [2.24, 2.45) is 5.92 Å². The lowest BCUT2D eigenvalue weighted by Crippen LogP contribution is -2.07. The van der Waals surface area contributed by atoms with Gasteiger partial charge in [-0.25, -0.2) is 4.79 Å². The van der Waals surface area contributed by atoms with Gasteiger partial charge < -0.3 is 9.47 Å². The van der Waals surface area contributed by atoms with Gasteiger partial charge in [-0.3, -0.25) is 4.79 Å². The lowest BCUT2D eigenvalue weighted by atomic mass is 10.4. The molecule has 0 saturated heterocycles. The summed E-state index contributed by atoms with van der Waals surface area (Å²) >= 11 is 2.98. The van der Waals surface area contributed by atoms with Gasteiger partial charge in [0.15, 0.2) is 0 Å². The fourth-order valence-corrected chi connectivity index (χ4v) is 1.04. The maximum atomic E-state index is 11.2. The highest BCUT2D eigenvalue weighted by molar-refractivity contribution is 9.12. The summed E-state index contributed by atoms with van der Waals surface area (Å²) < 4.78 is 9.73. The molecule has 0 bridgehead atoms. The third kappa shape index (κ3) is 4.46. The van der Waals surface area contributed by atoms with E-state index in [9.17, 15) is 9.59 Å². The number of carbonyl (C=O) groups is 2. The molecule has 84 valence electrons. The van der Waals surface area contributed by atoms with E-state index in [0.717, 1.165) is 25.5 Å². The Morgan fingerprint density at radius 1 is 1.47 bits per heavy atom. The second-order valence-corrected chi connectivity index (χ2v) is 4.17. The Bertz CT molecular complexity index is 281. The minimum Gasteiger partial charge on any atom is -0.462 e. The van der Waals surface area contributed by atoms with Gasteiger partial charge in [0.05, 0.1) is 12.5 Å². The van der Waals surface area contributed by atoms with Crippen LogP contribution in [0.4, 0.5) is 0 Å². The van der Waals surface area contributed by atoms with E-state index >= 15 is 0 Å². The molecule has 0 radical (unpaired) electrons. The first-order valence-corrected chi connectivity index (χ1v) is 5.67. The molecule has 1 rings (SSSR count). The van der Waals surface area contributed by atoms with Crippen molar-refractivity contribution < 1.29 is 19.1 Å². The smallest absolute Gasteiger partial charge is 0.348 e. The third-order valence-corrected chi connectivity index (χ3v) is 2.33. The van der Waals surface area contributed by atoms with Crippen molar-refractivity contribution in [3.63, 3.8) is 0 Å². The number of carbonyl (C=O) groups excluding carboxylic acids is 2. The Morgan fingerprint density at radius 2 is 2.13 bits per heavy atom. The molecule has 0 aromatic heterocycles. The van der Waals surface area contributed by atoms with E-state index in [1.165, 1.54) is 0 Å². The molecule has 0 heterocycles. The van der Waals surface area contributed by atoms with Gasteiger partial charge in [0, 0.05) is 0 Å². The third-order valence-electron chi connectivity index (χ3n) is 1.82. The summed E-state index contributed by atoms with van der Waals surface area (Å²) in [5.41, 5.74) is 0. The second kappa shape index (κ2) is 5.90. The minimum atomic E-state index is -0.513. The van der Waals surface area contributed by atoms with Gasteiger partial charge in [0.1, 0.15) is 10.7 Å². The monoisotopic (exact) mass is 276 g/mol. The summed E-state index contributed by atoms with van der Waals surface area (Å²) in [5, 5.41) is 0. The first-order valence-electron chi connectivity index (χ1n) is 4.88. The molecule has 1 aliphatic rings. The van der Waals surface area contributed by atoms with Gasteiger partial charge in [-0.2, -0.15) is 0 Å². The van der Waals surface area contributed by atoms with E-state index in [-0.39, 0.29) is 16.4 Å². The van der Waals surface area contributed by atoms with E-state index < -0.39 is 5.97 Å². The van der Waals surface area contributed by atoms with Crippen LogP contribution >= 0.6 is 15.9 Å². The lowest BCUT2D eigenvalue weighted by Gasteiger charge is -2.01. The summed E-state index contributed by atoms with van der Waals surface area (Å²) in [6.45, 7) is 2.26. The standard InChI is InChI=1S/C10H13BrO4/c1-2-5-14-10(13)8(11)6-15-9(12)7-3-4-7/h6-7H,2-5H2,1H3/b8-6-. The number of rotatable bonds is 5. The molecule has 0 atom stereocenters. The molecule has 15 heavy (non-hydrogen) atoms. The molecule has 1 saturated carbocycles. The zero-order valence-corrected chi connectivity index (χ0v) is 10.1. The Hall–Kier alpha value is -0.840. The molecular weight excluding hydrogens is 264 g/mol.